The lowest BCUT2D eigenvalue weighted by atomic mass is 10.1. The van der Waals surface area contributed by atoms with E-state index in [9.17, 15) is 4.79 Å². The zero-order valence-corrected chi connectivity index (χ0v) is 14.8. The molecule has 0 saturated carbocycles. The molecular formula is C19H22ClNO3. The van der Waals surface area contributed by atoms with Gasteiger partial charge in [0.25, 0.3) is 0 Å². The third-order valence-electron chi connectivity index (χ3n) is 3.52. The van der Waals surface area contributed by atoms with Crippen LogP contribution in [0, 0.1) is 0 Å². The Morgan fingerprint density at radius 3 is 2.21 bits per heavy atom. The second-order valence-corrected chi connectivity index (χ2v) is 5.81. The maximum absolute atomic E-state index is 12.2. The van der Waals surface area contributed by atoms with Crippen molar-refractivity contribution in [1.29, 1.82) is 0 Å². The Balaban J connectivity index is 1.76. The standard InChI is InChI=1S/C19H22ClNO3/c1-3-23-17-8-4-15(5-9-17)14-19(22)21(2)12-13-24-18-10-6-16(20)7-11-18/h4-11H,3,12-14H2,1-2H3. The van der Waals surface area contributed by atoms with Gasteiger partial charge in [-0.05, 0) is 48.9 Å². The summed E-state index contributed by atoms with van der Waals surface area (Å²) in [7, 11) is 1.78. The van der Waals surface area contributed by atoms with Gasteiger partial charge in [0.1, 0.15) is 18.1 Å². The molecule has 0 saturated heterocycles. The number of ether oxygens (including phenoxy) is 2. The molecule has 0 radical (unpaired) electrons. The van der Waals surface area contributed by atoms with E-state index in [4.69, 9.17) is 21.1 Å². The van der Waals surface area contributed by atoms with Crippen LogP contribution in [-0.4, -0.2) is 37.6 Å². The van der Waals surface area contributed by atoms with E-state index in [0.29, 0.717) is 31.2 Å². The largest absolute Gasteiger partial charge is 0.494 e. The van der Waals surface area contributed by atoms with Crippen LogP contribution in [0.3, 0.4) is 0 Å². The molecule has 0 aromatic heterocycles. The summed E-state index contributed by atoms with van der Waals surface area (Å²) in [6.45, 7) is 3.54. The Morgan fingerprint density at radius 1 is 1.00 bits per heavy atom. The second-order valence-electron chi connectivity index (χ2n) is 5.37. The van der Waals surface area contributed by atoms with Crippen LogP contribution in [0.25, 0.3) is 0 Å². The molecule has 0 unspecified atom stereocenters. The molecule has 0 atom stereocenters. The monoisotopic (exact) mass is 347 g/mol. The topological polar surface area (TPSA) is 38.8 Å². The van der Waals surface area contributed by atoms with Crippen molar-refractivity contribution < 1.29 is 14.3 Å². The Labute approximate surface area is 147 Å². The Morgan fingerprint density at radius 2 is 1.58 bits per heavy atom. The minimum Gasteiger partial charge on any atom is -0.494 e. The number of halogens is 1. The molecule has 0 N–H and O–H groups in total. The third kappa shape index (κ3) is 5.78. The van der Waals surface area contributed by atoms with Crippen LogP contribution in [-0.2, 0) is 11.2 Å². The van der Waals surface area contributed by atoms with E-state index in [1.807, 2.05) is 43.3 Å². The van der Waals surface area contributed by atoms with Gasteiger partial charge in [-0.25, -0.2) is 0 Å². The summed E-state index contributed by atoms with van der Waals surface area (Å²) in [6.07, 6.45) is 0.365. The van der Waals surface area contributed by atoms with Gasteiger partial charge in [-0.1, -0.05) is 23.7 Å². The van der Waals surface area contributed by atoms with E-state index in [-0.39, 0.29) is 5.91 Å². The molecule has 5 heteroatoms. The zero-order valence-electron chi connectivity index (χ0n) is 14.0. The highest BCUT2D eigenvalue weighted by Gasteiger charge is 2.10. The quantitative estimate of drug-likeness (QED) is 0.728. The van der Waals surface area contributed by atoms with Crippen molar-refractivity contribution in [2.45, 2.75) is 13.3 Å². The van der Waals surface area contributed by atoms with Gasteiger partial charge in [-0.15, -0.1) is 0 Å². The van der Waals surface area contributed by atoms with E-state index in [2.05, 4.69) is 0 Å². The minimum absolute atomic E-state index is 0.0545. The van der Waals surface area contributed by atoms with Gasteiger partial charge >= 0.3 is 0 Å². The number of carbonyl (C=O) groups excluding carboxylic acids is 1. The number of hydrogen-bond donors (Lipinski definition) is 0. The molecule has 4 nitrogen and oxygen atoms in total. The van der Waals surface area contributed by atoms with Gasteiger partial charge in [0, 0.05) is 12.1 Å². The fourth-order valence-corrected chi connectivity index (χ4v) is 2.26. The highest BCUT2D eigenvalue weighted by atomic mass is 35.5. The lowest BCUT2D eigenvalue weighted by Crippen LogP contribution is -2.32. The number of amides is 1. The summed E-state index contributed by atoms with van der Waals surface area (Å²) in [6, 6.07) is 14.8. The number of rotatable bonds is 8. The Bertz CT molecular complexity index is 641. The van der Waals surface area contributed by atoms with Gasteiger partial charge in [-0.2, -0.15) is 0 Å². The maximum atomic E-state index is 12.2. The zero-order chi connectivity index (χ0) is 17.4. The van der Waals surface area contributed by atoms with Gasteiger partial charge in [0.15, 0.2) is 0 Å². The first-order valence-corrected chi connectivity index (χ1v) is 8.30. The van der Waals surface area contributed by atoms with Crippen molar-refractivity contribution in [3.05, 3.63) is 59.1 Å². The molecule has 24 heavy (non-hydrogen) atoms. The molecule has 0 heterocycles. The molecule has 0 fully saturated rings. The molecule has 0 spiro atoms. The van der Waals surface area contributed by atoms with Crippen molar-refractivity contribution in [3.63, 3.8) is 0 Å². The SMILES string of the molecule is CCOc1ccc(CC(=O)N(C)CCOc2ccc(Cl)cc2)cc1. The summed E-state index contributed by atoms with van der Waals surface area (Å²) in [5, 5.41) is 0.671. The van der Waals surface area contributed by atoms with Crippen molar-refractivity contribution in [1.82, 2.24) is 4.90 Å². The van der Waals surface area contributed by atoms with Gasteiger partial charge in [0.05, 0.1) is 19.6 Å². The first kappa shape index (κ1) is 18.1. The molecule has 0 aliphatic rings. The molecule has 0 aliphatic heterocycles. The van der Waals surface area contributed by atoms with E-state index in [0.717, 1.165) is 17.1 Å². The molecular weight excluding hydrogens is 326 g/mol. The van der Waals surface area contributed by atoms with Crippen molar-refractivity contribution in [3.8, 4) is 11.5 Å². The van der Waals surface area contributed by atoms with E-state index in [1.54, 1.807) is 24.1 Å². The van der Waals surface area contributed by atoms with Crippen LogP contribution in [0.1, 0.15) is 12.5 Å². The predicted molar refractivity (Wildman–Crippen MR) is 95.9 cm³/mol. The van der Waals surface area contributed by atoms with Gasteiger partial charge in [0.2, 0.25) is 5.91 Å². The maximum Gasteiger partial charge on any atom is 0.226 e. The Hall–Kier alpha value is -2.20. The number of carbonyl (C=O) groups is 1. The lowest BCUT2D eigenvalue weighted by molar-refractivity contribution is -0.129. The van der Waals surface area contributed by atoms with Gasteiger partial charge in [-0.3, -0.25) is 4.79 Å². The first-order valence-electron chi connectivity index (χ1n) is 7.92. The van der Waals surface area contributed by atoms with Gasteiger partial charge < -0.3 is 14.4 Å². The third-order valence-corrected chi connectivity index (χ3v) is 3.78. The van der Waals surface area contributed by atoms with E-state index < -0.39 is 0 Å². The van der Waals surface area contributed by atoms with Crippen molar-refractivity contribution in [2.75, 3.05) is 26.8 Å². The van der Waals surface area contributed by atoms with Crippen LogP contribution in [0.2, 0.25) is 5.02 Å². The molecule has 2 rings (SSSR count). The fourth-order valence-electron chi connectivity index (χ4n) is 2.14. The fraction of sp³-hybridized carbons (Fsp3) is 0.316. The number of benzene rings is 2. The summed E-state index contributed by atoms with van der Waals surface area (Å²) in [5.41, 5.74) is 0.967. The molecule has 2 aromatic carbocycles. The number of likely N-dealkylation sites (N-methyl/N-ethyl adjacent to an activating group) is 1. The average molecular weight is 348 g/mol. The van der Waals surface area contributed by atoms with Crippen molar-refractivity contribution in [2.24, 2.45) is 0 Å². The Kier molecular flexibility index (Phi) is 6.94. The molecule has 2 aromatic rings. The van der Waals surface area contributed by atoms with Crippen LogP contribution < -0.4 is 9.47 Å². The highest BCUT2D eigenvalue weighted by Crippen LogP contribution is 2.15. The van der Waals surface area contributed by atoms with E-state index in [1.165, 1.54) is 0 Å². The van der Waals surface area contributed by atoms with Crippen molar-refractivity contribution >= 4 is 17.5 Å². The molecule has 0 bridgehead atoms. The van der Waals surface area contributed by atoms with E-state index >= 15 is 0 Å². The average Bonchev–Trinajstić information content (AvgIpc) is 2.58. The normalized spacial score (nSPS) is 10.3. The summed E-state index contributed by atoms with van der Waals surface area (Å²) in [4.78, 5) is 13.9. The summed E-state index contributed by atoms with van der Waals surface area (Å²) in [5.74, 6) is 1.61. The highest BCUT2D eigenvalue weighted by molar-refractivity contribution is 6.30. The summed E-state index contributed by atoms with van der Waals surface area (Å²) < 4.78 is 11.0. The molecule has 1 amide bonds. The number of nitrogens with zero attached hydrogens (tertiary/aromatic N) is 1. The van der Waals surface area contributed by atoms with Crippen LogP contribution in [0.15, 0.2) is 48.5 Å². The van der Waals surface area contributed by atoms with Crippen LogP contribution in [0.5, 0.6) is 11.5 Å². The smallest absolute Gasteiger partial charge is 0.226 e. The second kappa shape index (κ2) is 9.18. The predicted octanol–water partition coefficient (Wildman–Crippen LogP) is 3.82. The lowest BCUT2D eigenvalue weighted by Gasteiger charge is -2.17. The first-order chi connectivity index (χ1) is 11.6. The van der Waals surface area contributed by atoms with Crippen LogP contribution in [0.4, 0.5) is 0 Å². The number of hydrogen-bond acceptors (Lipinski definition) is 3. The molecule has 0 aliphatic carbocycles. The summed E-state index contributed by atoms with van der Waals surface area (Å²) >= 11 is 5.83. The minimum atomic E-state index is 0.0545. The van der Waals surface area contributed by atoms with Crippen LogP contribution >= 0.6 is 11.6 Å². The molecule has 128 valence electrons.